The van der Waals surface area contributed by atoms with E-state index in [4.69, 9.17) is 11.5 Å². The molecule has 0 amide bonds. The fourth-order valence-corrected chi connectivity index (χ4v) is 7.70. The van der Waals surface area contributed by atoms with Gasteiger partial charge in [-0.15, -0.1) is 0 Å². The van der Waals surface area contributed by atoms with E-state index in [0.29, 0.717) is 11.6 Å². The highest BCUT2D eigenvalue weighted by Crippen LogP contribution is 2.41. The predicted octanol–water partition coefficient (Wildman–Crippen LogP) is 11.1. The van der Waals surface area contributed by atoms with Crippen LogP contribution in [0.25, 0.3) is 82.7 Å². The van der Waals surface area contributed by atoms with Crippen molar-refractivity contribution >= 4 is 77.1 Å². The highest BCUT2D eigenvalue weighted by atomic mass is 15.1. The standard InChI is InChI=1S/C46H37N5/c47-43(50-39-25-15-10-20-33(39)34-21-11-16-26-40(34)50)28-8-3-1-2-4-9-29-44(48)51-41-27-17-13-23-37(41)45-42(51)31-30-36-35-22-12-14-24-38(35)49(46(36)45)32-18-6-5-7-19-32/h3-31H,1-2,47-48H2/b8-3-,9-4-,43-28+,44-29+. The van der Waals surface area contributed by atoms with Gasteiger partial charge in [-0.3, -0.25) is 9.13 Å². The van der Waals surface area contributed by atoms with Crippen molar-refractivity contribution in [3.8, 4) is 5.69 Å². The molecule has 4 N–H and O–H groups in total. The van der Waals surface area contributed by atoms with Gasteiger partial charge in [-0.2, -0.15) is 0 Å². The number of aromatic nitrogens is 3. The molecule has 0 unspecified atom stereocenters. The zero-order chi connectivity index (χ0) is 34.3. The monoisotopic (exact) mass is 659 g/mol. The van der Waals surface area contributed by atoms with E-state index in [2.05, 4.69) is 171 Å². The second kappa shape index (κ2) is 12.6. The van der Waals surface area contributed by atoms with Crippen LogP contribution in [0.1, 0.15) is 12.8 Å². The van der Waals surface area contributed by atoms with Gasteiger partial charge in [0.15, 0.2) is 0 Å². The van der Waals surface area contributed by atoms with Crippen LogP contribution in [0, 0.1) is 0 Å². The highest BCUT2D eigenvalue weighted by molar-refractivity contribution is 6.26. The molecule has 0 aliphatic heterocycles. The molecule has 0 aliphatic rings. The van der Waals surface area contributed by atoms with Crippen molar-refractivity contribution in [1.82, 2.24) is 13.7 Å². The van der Waals surface area contributed by atoms with Crippen molar-refractivity contribution in [2.75, 3.05) is 0 Å². The molecule has 5 heteroatoms. The summed E-state index contributed by atoms with van der Waals surface area (Å²) in [4.78, 5) is 0. The molecule has 0 bridgehead atoms. The first-order valence-corrected chi connectivity index (χ1v) is 17.4. The lowest BCUT2D eigenvalue weighted by Crippen LogP contribution is -2.05. The molecule has 0 aliphatic carbocycles. The minimum Gasteiger partial charge on any atom is -0.385 e. The third-order valence-corrected chi connectivity index (χ3v) is 9.89. The smallest absolute Gasteiger partial charge is 0.108 e. The summed E-state index contributed by atoms with van der Waals surface area (Å²) in [5.41, 5.74) is 21.4. The Morgan fingerprint density at radius 1 is 0.431 bits per heavy atom. The molecule has 0 atom stereocenters. The van der Waals surface area contributed by atoms with E-state index in [1.807, 2.05) is 18.2 Å². The number of hydrogen-bond donors (Lipinski definition) is 2. The third kappa shape index (κ3) is 5.01. The van der Waals surface area contributed by atoms with E-state index in [1.165, 1.54) is 43.4 Å². The van der Waals surface area contributed by atoms with Crippen LogP contribution in [0.3, 0.4) is 0 Å². The molecular formula is C46H37N5. The Hall–Kier alpha value is -6.72. The molecule has 3 aromatic heterocycles. The molecular weight excluding hydrogens is 623 g/mol. The van der Waals surface area contributed by atoms with Gasteiger partial charge in [0.05, 0.1) is 33.1 Å². The van der Waals surface area contributed by atoms with E-state index in [-0.39, 0.29) is 0 Å². The van der Waals surface area contributed by atoms with Crippen LogP contribution >= 0.6 is 0 Å². The zero-order valence-electron chi connectivity index (χ0n) is 28.2. The summed E-state index contributed by atoms with van der Waals surface area (Å²) in [5.74, 6) is 1.37. The van der Waals surface area contributed by atoms with Gasteiger partial charge in [0, 0.05) is 38.0 Å². The topological polar surface area (TPSA) is 66.8 Å². The summed E-state index contributed by atoms with van der Waals surface area (Å²) in [5, 5.41) is 7.25. The lowest BCUT2D eigenvalue weighted by molar-refractivity contribution is 1.05. The van der Waals surface area contributed by atoms with Crippen molar-refractivity contribution in [2.45, 2.75) is 12.8 Å². The maximum atomic E-state index is 6.89. The Morgan fingerprint density at radius 2 is 0.882 bits per heavy atom. The van der Waals surface area contributed by atoms with E-state index >= 15 is 0 Å². The third-order valence-electron chi connectivity index (χ3n) is 9.89. The van der Waals surface area contributed by atoms with Crippen LogP contribution in [0.2, 0.25) is 0 Å². The lowest BCUT2D eigenvalue weighted by Gasteiger charge is -2.09. The minimum atomic E-state index is 0.677. The molecule has 0 radical (unpaired) electrons. The number of allylic oxidation sites excluding steroid dienone is 6. The van der Waals surface area contributed by atoms with Crippen molar-refractivity contribution in [3.05, 3.63) is 176 Å². The number of benzene rings is 6. The summed E-state index contributed by atoms with van der Waals surface area (Å²) in [6, 6.07) is 49.1. The van der Waals surface area contributed by atoms with E-state index in [9.17, 15) is 0 Å². The largest absolute Gasteiger partial charge is 0.385 e. The molecule has 0 fully saturated rings. The van der Waals surface area contributed by atoms with Crippen LogP contribution in [0.15, 0.2) is 176 Å². The van der Waals surface area contributed by atoms with Crippen LogP contribution in [0.4, 0.5) is 0 Å². The van der Waals surface area contributed by atoms with Gasteiger partial charge in [0.1, 0.15) is 11.6 Å². The average molecular weight is 660 g/mol. The first kappa shape index (κ1) is 30.3. The lowest BCUT2D eigenvalue weighted by atomic mass is 10.1. The van der Waals surface area contributed by atoms with Crippen LogP contribution in [-0.2, 0) is 0 Å². The molecule has 5 nitrogen and oxygen atoms in total. The Balaban J connectivity index is 1.01. The average Bonchev–Trinajstić information content (AvgIpc) is 3.82. The number of rotatable bonds is 8. The summed E-state index contributed by atoms with van der Waals surface area (Å²) in [7, 11) is 0. The van der Waals surface area contributed by atoms with Gasteiger partial charge < -0.3 is 16.0 Å². The summed E-state index contributed by atoms with van der Waals surface area (Å²) in [6.45, 7) is 0. The van der Waals surface area contributed by atoms with Crippen LogP contribution < -0.4 is 11.5 Å². The van der Waals surface area contributed by atoms with Gasteiger partial charge >= 0.3 is 0 Å². The van der Waals surface area contributed by atoms with Crippen molar-refractivity contribution in [3.63, 3.8) is 0 Å². The molecule has 6 aromatic carbocycles. The number of nitrogens with zero attached hydrogens (tertiary/aromatic N) is 3. The van der Waals surface area contributed by atoms with Gasteiger partial charge in [0.25, 0.3) is 0 Å². The van der Waals surface area contributed by atoms with Crippen molar-refractivity contribution in [1.29, 1.82) is 0 Å². The molecule has 246 valence electrons. The van der Waals surface area contributed by atoms with E-state index in [1.54, 1.807) is 0 Å². The molecule has 9 rings (SSSR count). The Labute approximate surface area is 295 Å². The van der Waals surface area contributed by atoms with Gasteiger partial charge in [-0.05, 0) is 67.5 Å². The number of hydrogen-bond acceptors (Lipinski definition) is 2. The fraction of sp³-hybridized carbons (Fsp3) is 0.0435. The SMILES string of the molecule is N/C(=C\C=C/CC/C=C\C=C(/N)n1c2ccccc2c2c1ccc1c3ccccc3n(-c3ccccc3)c12)n1c2ccccc2c2ccccc21. The minimum absolute atomic E-state index is 0.677. The number of fused-ring (bicyclic) bond motifs is 10. The highest BCUT2D eigenvalue weighted by Gasteiger charge is 2.20. The van der Waals surface area contributed by atoms with Crippen LogP contribution in [-0.4, -0.2) is 13.7 Å². The molecule has 3 heterocycles. The van der Waals surface area contributed by atoms with Gasteiger partial charge in [0.2, 0.25) is 0 Å². The molecule has 0 saturated carbocycles. The second-order valence-electron chi connectivity index (χ2n) is 12.9. The number of para-hydroxylation sites is 5. The maximum Gasteiger partial charge on any atom is 0.108 e. The molecule has 9 aromatic rings. The van der Waals surface area contributed by atoms with Gasteiger partial charge in [-0.25, -0.2) is 0 Å². The van der Waals surface area contributed by atoms with E-state index in [0.717, 1.165) is 40.6 Å². The fourth-order valence-electron chi connectivity index (χ4n) is 7.70. The first-order chi connectivity index (χ1) is 25.2. The first-order valence-electron chi connectivity index (χ1n) is 17.4. The maximum absolute atomic E-state index is 6.89. The Bertz CT molecular complexity index is 2820. The second-order valence-corrected chi connectivity index (χ2v) is 12.9. The van der Waals surface area contributed by atoms with Gasteiger partial charge in [-0.1, -0.05) is 121 Å². The Morgan fingerprint density at radius 3 is 1.47 bits per heavy atom. The van der Waals surface area contributed by atoms with E-state index < -0.39 is 0 Å². The quantitative estimate of drug-likeness (QED) is 0.126. The van der Waals surface area contributed by atoms with Crippen molar-refractivity contribution < 1.29 is 0 Å². The van der Waals surface area contributed by atoms with Crippen LogP contribution in [0.5, 0.6) is 0 Å². The number of unbranched alkanes of at least 4 members (excludes halogenated alkanes) is 1. The molecule has 0 spiro atoms. The predicted molar refractivity (Wildman–Crippen MR) is 218 cm³/mol. The molecule has 51 heavy (non-hydrogen) atoms. The summed E-state index contributed by atoms with van der Waals surface area (Å²) in [6.07, 6.45) is 14.2. The van der Waals surface area contributed by atoms with Crippen molar-refractivity contribution in [2.24, 2.45) is 11.5 Å². The molecule has 0 saturated heterocycles. The Kier molecular flexibility index (Phi) is 7.51. The summed E-state index contributed by atoms with van der Waals surface area (Å²) < 4.78 is 6.70. The zero-order valence-corrected chi connectivity index (χ0v) is 28.2. The number of nitrogens with two attached hydrogens (primary N) is 2. The summed E-state index contributed by atoms with van der Waals surface area (Å²) >= 11 is 0. The normalized spacial score (nSPS) is 13.1.